The van der Waals surface area contributed by atoms with Crippen molar-refractivity contribution < 1.29 is 9.53 Å². The number of ether oxygens (including phenoxy) is 1. The van der Waals surface area contributed by atoms with Crippen molar-refractivity contribution in [1.82, 2.24) is 0 Å². The van der Waals surface area contributed by atoms with Gasteiger partial charge in [0.1, 0.15) is 6.61 Å². The molecule has 0 amide bonds. The Hall–Kier alpha value is -1.77. The van der Waals surface area contributed by atoms with E-state index in [1.54, 1.807) is 0 Å². The van der Waals surface area contributed by atoms with E-state index in [0.29, 0.717) is 13.0 Å². The molecule has 1 aliphatic rings. The van der Waals surface area contributed by atoms with E-state index in [0.717, 1.165) is 17.0 Å². The van der Waals surface area contributed by atoms with Crippen LogP contribution in [0.25, 0.3) is 0 Å². The second kappa shape index (κ2) is 4.17. The summed E-state index contributed by atoms with van der Waals surface area (Å²) in [6.45, 7) is 2.31. The molecule has 0 aromatic heterocycles. The van der Waals surface area contributed by atoms with Gasteiger partial charge in [-0.2, -0.15) is 0 Å². The summed E-state index contributed by atoms with van der Waals surface area (Å²) in [6, 6.07) is 9.78. The highest BCUT2D eigenvalue weighted by molar-refractivity contribution is 5.92. The molecule has 3 nitrogen and oxygen atoms in total. The average Bonchev–Trinajstić information content (AvgIpc) is 2.61. The minimum Gasteiger partial charge on any atom is -0.456 e. The topological polar surface area (TPSA) is 38.3 Å². The molecule has 3 heteroatoms. The molecular weight excluding hydrogens is 190 g/mol. The van der Waals surface area contributed by atoms with Crippen LogP contribution in [0, 0.1) is 0 Å². The number of cyclic esters (lactones) is 1. The van der Waals surface area contributed by atoms with Gasteiger partial charge in [0.15, 0.2) is 0 Å². The third-order valence-electron chi connectivity index (χ3n) is 2.38. The van der Waals surface area contributed by atoms with Crippen LogP contribution in [0.3, 0.4) is 0 Å². The van der Waals surface area contributed by atoms with Crippen molar-refractivity contribution in [3.8, 4) is 0 Å². The Morgan fingerprint density at radius 2 is 2.07 bits per heavy atom. The first kappa shape index (κ1) is 9.77. The number of anilines is 1. The van der Waals surface area contributed by atoms with Crippen molar-refractivity contribution in [2.75, 3.05) is 11.9 Å². The number of esters is 1. The van der Waals surface area contributed by atoms with Gasteiger partial charge in [0.25, 0.3) is 0 Å². The summed E-state index contributed by atoms with van der Waals surface area (Å²) >= 11 is 0. The number of rotatable bonds is 3. The zero-order valence-corrected chi connectivity index (χ0v) is 8.62. The zero-order valence-electron chi connectivity index (χ0n) is 8.62. The molecule has 0 unspecified atom stereocenters. The van der Waals surface area contributed by atoms with Crippen LogP contribution in [-0.4, -0.2) is 12.6 Å². The van der Waals surface area contributed by atoms with Crippen molar-refractivity contribution >= 4 is 11.7 Å². The van der Waals surface area contributed by atoms with Crippen molar-refractivity contribution in [2.45, 2.75) is 13.3 Å². The minimum absolute atomic E-state index is 0.198. The largest absolute Gasteiger partial charge is 0.456 e. The highest BCUT2D eigenvalue weighted by Gasteiger charge is 2.22. The molecule has 0 aliphatic carbocycles. The van der Waals surface area contributed by atoms with Crippen molar-refractivity contribution in [2.24, 2.45) is 0 Å². The van der Waals surface area contributed by atoms with E-state index in [9.17, 15) is 4.79 Å². The van der Waals surface area contributed by atoms with Crippen LogP contribution in [0.4, 0.5) is 5.69 Å². The Bertz CT molecular complexity index is 395. The first-order chi connectivity index (χ1) is 7.31. The second-order valence-electron chi connectivity index (χ2n) is 3.38. The number of carbonyl (C=O) groups is 1. The van der Waals surface area contributed by atoms with Crippen LogP contribution in [0.2, 0.25) is 0 Å². The lowest BCUT2D eigenvalue weighted by atomic mass is 10.2. The fourth-order valence-electron chi connectivity index (χ4n) is 1.60. The van der Waals surface area contributed by atoms with E-state index in [1.807, 2.05) is 37.3 Å². The number of benzene rings is 1. The van der Waals surface area contributed by atoms with Gasteiger partial charge >= 0.3 is 5.97 Å². The Morgan fingerprint density at radius 3 is 2.73 bits per heavy atom. The molecule has 1 aliphatic heterocycles. The lowest BCUT2D eigenvalue weighted by molar-refractivity contribution is -0.136. The molecule has 0 radical (unpaired) electrons. The van der Waals surface area contributed by atoms with E-state index < -0.39 is 0 Å². The smallest absolute Gasteiger partial charge is 0.336 e. The molecular formula is C12H13NO2. The lowest BCUT2D eigenvalue weighted by Crippen LogP contribution is -2.02. The molecule has 1 heterocycles. The summed E-state index contributed by atoms with van der Waals surface area (Å²) in [5.41, 5.74) is 2.62. The molecule has 15 heavy (non-hydrogen) atoms. The molecule has 0 fully saturated rings. The van der Waals surface area contributed by atoms with Gasteiger partial charge in [-0.05, 0) is 18.6 Å². The van der Waals surface area contributed by atoms with Crippen LogP contribution in [-0.2, 0) is 9.53 Å². The molecule has 0 spiro atoms. The molecule has 0 bridgehead atoms. The molecule has 1 aromatic carbocycles. The van der Waals surface area contributed by atoms with Gasteiger partial charge in [0.05, 0.1) is 11.3 Å². The Kier molecular flexibility index (Phi) is 2.72. The van der Waals surface area contributed by atoms with E-state index in [1.165, 1.54) is 0 Å². The first-order valence-electron chi connectivity index (χ1n) is 5.02. The van der Waals surface area contributed by atoms with E-state index in [2.05, 4.69) is 5.32 Å². The summed E-state index contributed by atoms with van der Waals surface area (Å²) in [6.07, 6.45) is 0.702. The third kappa shape index (κ3) is 2.01. The predicted octanol–water partition coefficient (Wildman–Crippen LogP) is 2.32. The summed E-state index contributed by atoms with van der Waals surface area (Å²) in [5.74, 6) is -0.198. The van der Waals surface area contributed by atoms with Crippen LogP contribution in [0.15, 0.2) is 41.6 Å². The first-order valence-corrected chi connectivity index (χ1v) is 5.02. The summed E-state index contributed by atoms with van der Waals surface area (Å²) in [7, 11) is 0. The van der Waals surface area contributed by atoms with Gasteiger partial charge in [-0.1, -0.05) is 25.1 Å². The number of nitrogens with one attached hydrogen (secondary N) is 1. The van der Waals surface area contributed by atoms with E-state index in [4.69, 9.17) is 4.74 Å². The maximum atomic E-state index is 11.3. The van der Waals surface area contributed by atoms with Crippen LogP contribution in [0.5, 0.6) is 0 Å². The molecule has 0 atom stereocenters. The molecule has 1 N–H and O–H groups in total. The fourth-order valence-corrected chi connectivity index (χ4v) is 1.60. The van der Waals surface area contributed by atoms with Crippen molar-refractivity contribution in [1.29, 1.82) is 0 Å². The second-order valence-corrected chi connectivity index (χ2v) is 3.38. The monoisotopic (exact) mass is 203 g/mol. The number of para-hydroxylation sites is 1. The summed E-state index contributed by atoms with van der Waals surface area (Å²) in [4.78, 5) is 11.3. The normalized spacial score (nSPS) is 15.4. The Balaban J connectivity index is 2.19. The molecule has 0 saturated carbocycles. The average molecular weight is 203 g/mol. The highest BCUT2D eigenvalue weighted by Crippen LogP contribution is 2.20. The van der Waals surface area contributed by atoms with Gasteiger partial charge in [0.2, 0.25) is 0 Å². The van der Waals surface area contributed by atoms with Gasteiger partial charge in [-0.3, -0.25) is 0 Å². The Morgan fingerprint density at radius 1 is 1.33 bits per heavy atom. The quantitative estimate of drug-likeness (QED) is 0.766. The van der Waals surface area contributed by atoms with Gasteiger partial charge < -0.3 is 10.1 Å². The highest BCUT2D eigenvalue weighted by atomic mass is 16.5. The lowest BCUT2D eigenvalue weighted by Gasteiger charge is -2.06. The third-order valence-corrected chi connectivity index (χ3v) is 2.38. The van der Waals surface area contributed by atoms with E-state index in [-0.39, 0.29) is 5.97 Å². The number of carbonyl (C=O) groups excluding carboxylic acids is 1. The fraction of sp³-hybridized carbons (Fsp3) is 0.250. The van der Waals surface area contributed by atoms with Crippen molar-refractivity contribution in [3.63, 3.8) is 0 Å². The summed E-state index contributed by atoms with van der Waals surface area (Å²) < 4.78 is 4.97. The molecule has 2 rings (SSSR count). The van der Waals surface area contributed by atoms with Gasteiger partial charge in [-0.25, -0.2) is 4.79 Å². The predicted molar refractivity (Wildman–Crippen MR) is 58.3 cm³/mol. The maximum Gasteiger partial charge on any atom is 0.336 e. The molecule has 1 aromatic rings. The minimum atomic E-state index is -0.198. The Labute approximate surface area is 88.8 Å². The summed E-state index contributed by atoms with van der Waals surface area (Å²) in [5, 5.41) is 3.21. The SMILES string of the molecule is CCC1=C(Nc2ccccc2)COC1=O. The molecule has 78 valence electrons. The van der Waals surface area contributed by atoms with Gasteiger partial charge in [0, 0.05) is 5.69 Å². The van der Waals surface area contributed by atoms with Gasteiger partial charge in [-0.15, -0.1) is 0 Å². The van der Waals surface area contributed by atoms with Crippen LogP contribution in [0.1, 0.15) is 13.3 Å². The van der Waals surface area contributed by atoms with E-state index >= 15 is 0 Å². The molecule has 0 saturated heterocycles. The number of hydrogen-bond acceptors (Lipinski definition) is 3. The standard InChI is InChI=1S/C12H13NO2/c1-2-10-11(8-15-12(10)14)13-9-6-4-3-5-7-9/h3-7,13H,2,8H2,1H3. The zero-order chi connectivity index (χ0) is 10.7. The van der Waals surface area contributed by atoms with Crippen LogP contribution < -0.4 is 5.32 Å². The van der Waals surface area contributed by atoms with Crippen LogP contribution >= 0.6 is 0 Å². The maximum absolute atomic E-state index is 11.3. The van der Waals surface area contributed by atoms with Crippen molar-refractivity contribution in [3.05, 3.63) is 41.6 Å². The number of hydrogen-bond donors (Lipinski definition) is 1.